The van der Waals surface area contributed by atoms with Crippen LogP contribution in [0.25, 0.3) is 0 Å². The molecule has 1 saturated heterocycles. The van der Waals surface area contributed by atoms with Gasteiger partial charge in [-0.3, -0.25) is 0 Å². The molecular weight excluding hydrogens is 332 g/mol. The van der Waals surface area contributed by atoms with Gasteiger partial charge in [-0.2, -0.15) is 0 Å². The Labute approximate surface area is 167 Å². The molecule has 2 aliphatic rings. The molecule has 0 unspecified atom stereocenters. The number of benzene rings is 1. The van der Waals surface area contributed by atoms with Crippen LogP contribution in [0.3, 0.4) is 0 Å². The van der Waals surface area contributed by atoms with Crippen molar-refractivity contribution in [2.45, 2.75) is 96.7 Å². The lowest BCUT2D eigenvalue weighted by molar-refractivity contribution is -0.282. The van der Waals surface area contributed by atoms with Crippen LogP contribution in [0.1, 0.15) is 102 Å². The summed E-state index contributed by atoms with van der Waals surface area (Å²) in [6, 6.07) is 9.13. The molecule has 1 heterocycles. The van der Waals surface area contributed by atoms with Crippen molar-refractivity contribution in [2.24, 2.45) is 11.8 Å². The van der Waals surface area contributed by atoms with Crippen molar-refractivity contribution in [3.8, 4) is 0 Å². The van der Waals surface area contributed by atoms with Gasteiger partial charge >= 0.3 is 0 Å². The summed E-state index contributed by atoms with van der Waals surface area (Å²) in [6.07, 6.45) is 13.4. The van der Waals surface area contributed by atoms with E-state index in [2.05, 4.69) is 45.0 Å². The molecule has 1 saturated carbocycles. The first-order valence-electron chi connectivity index (χ1n) is 11.5. The van der Waals surface area contributed by atoms with Crippen molar-refractivity contribution >= 4 is 0 Å². The molecule has 2 fully saturated rings. The van der Waals surface area contributed by atoms with Gasteiger partial charge in [-0.1, -0.05) is 70.2 Å². The fourth-order valence-electron chi connectivity index (χ4n) is 4.91. The Bertz CT molecular complexity index is 534. The maximum Gasteiger partial charge on any atom is 0.191 e. The summed E-state index contributed by atoms with van der Waals surface area (Å²) in [5, 5.41) is 0. The maximum absolute atomic E-state index is 6.20. The zero-order valence-electron chi connectivity index (χ0n) is 17.8. The van der Waals surface area contributed by atoms with Gasteiger partial charge in [-0.25, -0.2) is 0 Å². The van der Waals surface area contributed by atoms with Crippen LogP contribution in [-0.2, 0) is 15.3 Å². The summed E-state index contributed by atoms with van der Waals surface area (Å²) in [7, 11) is 0. The standard InChI is InChI=1S/C25H40O2/c1-4-6-7-9-21-18-26-25(3,27-19-21)24-16-14-23(15-17-24)22-12-10-20(8-5-2)11-13-22/h14-17,20-22H,4-13,18-19H2,1-3H3. The highest BCUT2D eigenvalue weighted by Crippen LogP contribution is 2.39. The fraction of sp³-hybridized carbons (Fsp3) is 0.760. The summed E-state index contributed by atoms with van der Waals surface area (Å²) in [5.41, 5.74) is 2.67. The molecule has 3 rings (SSSR count). The quantitative estimate of drug-likeness (QED) is 0.450. The number of rotatable bonds is 8. The molecule has 0 aromatic heterocycles. The molecule has 0 N–H and O–H groups in total. The molecule has 0 amide bonds. The van der Waals surface area contributed by atoms with E-state index in [0.29, 0.717) is 5.92 Å². The Morgan fingerprint density at radius 3 is 2.07 bits per heavy atom. The molecular formula is C25H40O2. The SMILES string of the molecule is CCCCCC1COC(C)(c2ccc(C3CCC(CCC)CC3)cc2)OC1. The lowest BCUT2D eigenvalue weighted by atomic mass is 9.77. The van der Waals surface area contributed by atoms with Crippen molar-refractivity contribution in [3.63, 3.8) is 0 Å². The summed E-state index contributed by atoms with van der Waals surface area (Å²) >= 11 is 0. The normalized spacial score (nSPS) is 31.7. The molecule has 27 heavy (non-hydrogen) atoms. The van der Waals surface area contributed by atoms with Crippen molar-refractivity contribution < 1.29 is 9.47 Å². The highest BCUT2D eigenvalue weighted by Gasteiger charge is 2.34. The van der Waals surface area contributed by atoms with E-state index in [4.69, 9.17) is 9.47 Å². The number of hydrogen-bond acceptors (Lipinski definition) is 2. The molecule has 1 aromatic carbocycles. The zero-order chi connectivity index (χ0) is 19.1. The van der Waals surface area contributed by atoms with E-state index in [1.54, 1.807) is 0 Å². The molecule has 2 heteroatoms. The predicted octanol–water partition coefficient (Wildman–Crippen LogP) is 7.18. The largest absolute Gasteiger partial charge is 0.346 e. The third kappa shape index (κ3) is 5.57. The van der Waals surface area contributed by atoms with Crippen molar-refractivity contribution in [1.29, 1.82) is 0 Å². The highest BCUT2D eigenvalue weighted by atomic mass is 16.7. The number of ether oxygens (including phenoxy) is 2. The second-order valence-corrected chi connectivity index (χ2v) is 9.06. The molecule has 2 nitrogen and oxygen atoms in total. The number of hydrogen-bond donors (Lipinski definition) is 0. The van der Waals surface area contributed by atoms with Gasteiger partial charge in [0.2, 0.25) is 0 Å². The topological polar surface area (TPSA) is 18.5 Å². The molecule has 0 spiro atoms. The molecule has 1 aliphatic heterocycles. The lowest BCUT2D eigenvalue weighted by Gasteiger charge is -2.38. The second-order valence-electron chi connectivity index (χ2n) is 9.06. The molecule has 1 aromatic rings. The van der Waals surface area contributed by atoms with Crippen LogP contribution in [0.2, 0.25) is 0 Å². The highest BCUT2D eigenvalue weighted by molar-refractivity contribution is 5.28. The van der Waals surface area contributed by atoms with E-state index in [1.807, 2.05) is 0 Å². The van der Waals surface area contributed by atoms with E-state index in [-0.39, 0.29) is 0 Å². The van der Waals surface area contributed by atoms with E-state index in [1.165, 1.54) is 69.8 Å². The summed E-state index contributed by atoms with van der Waals surface area (Å²) < 4.78 is 12.4. The summed E-state index contributed by atoms with van der Waals surface area (Å²) in [6.45, 7) is 8.30. The second kappa shape index (κ2) is 10.1. The fourth-order valence-corrected chi connectivity index (χ4v) is 4.91. The first-order chi connectivity index (χ1) is 13.1. The monoisotopic (exact) mass is 372 g/mol. The van der Waals surface area contributed by atoms with Gasteiger partial charge in [0.15, 0.2) is 5.79 Å². The van der Waals surface area contributed by atoms with Crippen molar-refractivity contribution in [1.82, 2.24) is 0 Å². The Morgan fingerprint density at radius 1 is 0.815 bits per heavy atom. The van der Waals surface area contributed by atoms with Crippen LogP contribution < -0.4 is 0 Å². The Morgan fingerprint density at radius 2 is 1.48 bits per heavy atom. The smallest absolute Gasteiger partial charge is 0.191 e. The zero-order valence-corrected chi connectivity index (χ0v) is 17.8. The van der Waals surface area contributed by atoms with E-state index in [0.717, 1.165) is 30.6 Å². The van der Waals surface area contributed by atoms with Gasteiger partial charge < -0.3 is 9.47 Å². The van der Waals surface area contributed by atoms with Crippen LogP contribution in [-0.4, -0.2) is 13.2 Å². The third-order valence-corrected chi connectivity index (χ3v) is 6.86. The van der Waals surface area contributed by atoms with Gasteiger partial charge in [0.05, 0.1) is 13.2 Å². The predicted molar refractivity (Wildman–Crippen MR) is 113 cm³/mol. The van der Waals surface area contributed by atoms with Crippen LogP contribution in [0.15, 0.2) is 24.3 Å². The molecule has 152 valence electrons. The van der Waals surface area contributed by atoms with Crippen molar-refractivity contribution in [2.75, 3.05) is 13.2 Å². The van der Waals surface area contributed by atoms with Gasteiger partial charge in [-0.05, 0) is 56.4 Å². The molecule has 0 atom stereocenters. The van der Waals surface area contributed by atoms with Gasteiger partial charge in [0, 0.05) is 11.5 Å². The minimum absolute atomic E-state index is 0.558. The van der Waals surface area contributed by atoms with E-state index in [9.17, 15) is 0 Å². The number of unbranched alkanes of at least 4 members (excludes halogenated alkanes) is 2. The first-order valence-corrected chi connectivity index (χ1v) is 11.5. The average molecular weight is 373 g/mol. The van der Waals surface area contributed by atoms with Crippen molar-refractivity contribution in [3.05, 3.63) is 35.4 Å². The van der Waals surface area contributed by atoms with Crippen LogP contribution in [0, 0.1) is 11.8 Å². The Hall–Kier alpha value is -0.860. The first kappa shape index (κ1) is 20.9. The van der Waals surface area contributed by atoms with Gasteiger partial charge in [-0.15, -0.1) is 0 Å². The molecule has 0 bridgehead atoms. The molecule has 0 radical (unpaired) electrons. The minimum atomic E-state index is -0.571. The average Bonchev–Trinajstić information content (AvgIpc) is 2.71. The van der Waals surface area contributed by atoms with Crippen LogP contribution >= 0.6 is 0 Å². The lowest BCUT2D eigenvalue weighted by Crippen LogP contribution is -2.39. The van der Waals surface area contributed by atoms with Gasteiger partial charge in [0.1, 0.15) is 0 Å². The van der Waals surface area contributed by atoms with E-state index >= 15 is 0 Å². The summed E-state index contributed by atoms with van der Waals surface area (Å²) in [5.74, 6) is 1.70. The Kier molecular flexibility index (Phi) is 7.78. The van der Waals surface area contributed by atoms with E-state index < -0.39 is 5.79 Å². The summed E-state index contributed by atoms with van der Waals surface area (Å²) in [4.78, 5) is 0. The van der Waals surface area contributed by atoms with Crippen LogP contribution in [0.5, 0.6) is 0 Å². The minimum Gasteiger partial charge on any atom is -0.346 e. The molecule has 1 aliphatic carbocycles. The Balaban J connectivity index is 1.51. The maximum atomic E-state index is 6.20. The third-order valence-electron chi connectivity index (χ3n) is 6.86. The van der Waals surface area contributed by atoms with Crippen LogP contribution in [0.4, 0.5) is 0 Å². The van der Waals surface area contributed by atoms with Gasteiger partial charge in [0.25, 0.3) is 0 Å².